The van der Waals surface area contributed by atoms with Crippen molar-refractivity contribution in [2.45, 2.75) is 11.8 Å². The summed E-state index contributed by atoms with van der Waals surface area (Å²) in [5.74, 6) is -0.926. The second kappa shape index (κ2) is 6.99. The Labute approximate surface area is 164 Å². The lowest BCUT2D eigenvalue weighted by molar-refractivity contribution is -0.384. The SMILES string of the molecule is O=C(c1ccc([N+](=O)[O-])cc1)N1CC(O)(C(F)(F)F)C(c2ccc(Br)cc2)=N1. The van der Waals surface area contributed by atoms with Crippen LogP contribution in [-0.4, -0.2) is 45.0 Å². The zero-order valence-corrected chi connectivity index (χ0v) is 15.4. The van der Waals surface area contributed by atoms with Crippen LogP contribution < -0.4 is 0 Å². The molecule has 146 valence electrons. The molecule has 11 heteroatoms. The molecule has 1 unspecified atom stereocenters. The number of rotatable bonds is 3. The zero-order chi connectivity index (χ0) is 20.7. The fourth-order valence-corrected chi connectivity index (χ4v) is 2.91. The Balaban J connectivity index is 1.99. The largest absolute Gasteiger partial charge is 0.424 e. The molecule has 1 heterocycles. The fourth-order valence-electron chi connectivity index (χ4n) is 2.65. The molecule has 0 saturated heterocycles. The Bertz CT molecular complexity index is 961. The third-order valence-corrected chi connectivity index (χ3v) is 4.67. The molecule has 2 aromatic carbocycles. The minimum Gasteiger partial charge on any atom is -0.374 e. The van der Waals surface area contributed by atoms with E-state index < -0.39 is 34.9 Å². The molecule has 0 bridgehead atoms. The van der Waals surface area contributed by atoms with Crippen LogP contribution in [0.1, 0.15) is 15.9 Å². The number of benzene rings is 2. The number of nitro groups is 1. The number of hydrazone groups is 1. The maximum Gasteiger partial charge on any atom is 0.424 e. The van der Waals surface area contributed by atoms with Gasteiger partial charge in [0, 0.05) is 27.7 Å². The highest BCUT2D eigenvalue weighted by atomic mass is 79.9. The third-order valence-electron chi connectivity index (χ3n) is 4.14. The topological polar surface area (TPSA) is 96.0 Å². The van der Waals surface area contributed by atoms with Crippen LogP contribution in [0.4, 0.5) is 18.9 Å². The summed E-state index contributed by atoms with van der Waals surface area (Å²) in [6.45, 7) is -1.13. The molecule has 7 nitrogen and oxygen atoms in total. The maximum atomic E-state index is 13.6. The first-order valence-electron chi connectivity index (χ1n) is 7.73. The average Bonchev–Trinajstić information content (AvgIpc) is 3.01. The normalized spacial score (nSPS) is 19.5. The summed E-state index contributed by atoms with van der Waals surface area (Å²) in [5, 5.41) is 25.3. The molecular formula is C17H11BrF3N3O4. The first-order chi connectivity index (χ1) is 13.0. The van der Waals surface area contributed by atoms with Gasteiger partial charge in [-0.2, -0.15) is 18.3 Å². The van der Waals surface area contributed by atoms with Gasteiger partial charge < -0.3 is 5.11 Å². The van der Waals surface area contributed by atoms with E-state index in [2.05, 4.69) is 21.0 Å². The van der Waals surface area contributed by atoms with Crippen LogP contribution in [-0.2, 0) is 0 Å². The van der Waals surface area contributed by atoms with E-state index in [1.807, 2.05) is 0 Å². The minimum atomic E-state index is -5.08. The van der Waals surface area contributed by atoms with Gasteiger partial charge in [-0.15, -0.1) is 0 Å². The Morgan fingerprint density at radius 1 is 1.18 bits per heavy atom. The van der Waals surface area contributed by atoms with Gasteiger partial charge in [0.2, 0.25) is 5.60 Å². The van der Waals surface area contributed by atoms with E-state index in [0.717, 1.165) is 24.3 Å². The molecule has 1 aliphatic heterocycles. The molecule has 3 rings (SSSR count). The fraction of sp³-hybridized carbons (Fsp3) is 0.176. The number of non-ortho nitro benzene ring substituents is 1. The van der Waals surface area contributed by atoms with Crippen molar-refractivity contribution in [1.82, 2.24) is 5.01 Å². The second-order valence-corrected chi connectivity index (χ2v) is 6.90. The number of nitro benzene ring substituents is 1. The molecule has 1 amide bonds. The average molecular weight is 458 g/mol. The lowest BCUT2D eigenvalue weighted by Gasteiger charge is -2.27. The first kappa shape index (κ1) is 20.0. The number of alkyl halides is 3. The van der Waals surface area contributed by atoms with Crippen molar-refractivity contribution >= 4 is 33.2 Å². The van der Waals surface area contributed by atoms with Gasteiger partial charge in [-0.1, -0.05) is 28.1 Å². The Morgan fingerprint density at radius 2 is 1.75 bits per heavy atom. The van der Waals surface area contributed by atoms with E-state index in [9.17, 15) is 33.2 Å². The number of halogens is 4. The Hall–Kier alpha value is -2.79. The number of carbonyl (C=O) groups is 1. The van der Waals surface area contributed by atoms with Crippen molar-refractivity contribution in [3.8, 4) is 0 Å². The van der Waals surface area contributed by atoms with Crippen LogP contribution in [0.25, 0.3) is 0 Å². The van der Waals surface area contributed by atoms with E-state index in [4.69, 9.17) is 0 Å². The molecule has 0 radical (unpaired) electrons. The van der Waals surface area contributed by atoms with E-state index in [-0.39, 0.29) is 16.8 Å². The van der Waals surface area contributed by atoms with Gasteiger partial charge in [-0.3, -0.25) is 14.9 Å². The number of carbonyl (C=O) groups excluding carboxylic acids is 1. The number of β-amino-alcohol motifs (C(OH)–C–C–N with tert-alkyl or cyclic N) is 1. The molecule has 1 atom stereocenters. The van der Waals surface area contributed by atoms with Crippen LogP contribution in [0, 0.1) is 10.1 Å². The second-order valence-electron chi connectivity index (χ2n) is 5.98. The van der Waals surface area contributed by atoms with Crippen LogP contribution in [0.2, 0.25) is 0 Å². The van der Waals surface area contributed by atoms with Gasteiger partial charge in [0.25, 0.3) is 11.6 Å². The number of hydrogen-bond acceptors (Lipinski definition) is 5. The van der Waals surface area contributed by atoms with Gasteiger partial charge in [-0.25, -0.2) is 5.01 Å². The number of aliphatic hydroxyl groups is 1. The van der Waals surface area contributed by atoms with Crippen LogP contribution in [0.5, 0.6) is 0 Å². The third kappa shape index (κ3) is 3.50. The number of amides is 1. The van der Waals surface area contributed by atoms with Gasteiger partial charge in [-0.05, 0) is 24.3 Å². The van der Waals surface area contributed by atoms with Crippen molar-refractivity contribution < 1.29 is 28.0 Å². The van der Waals surface area contributed by atoms with Gasteiger partial charge >= 0.3 is 6.18 Å². The van der Waals surface area contributed by atoms with Crippen LogP contribution in [0.3, 0.4) is 0 Å². The highest BCUT2D eigenvalue weighted by Gasteiger charge is 2.62. The molecule has 1 N–H and O–H groups in total. The summed E-state index contributed by atoms with van der Waals surface area (Å²) in [4.78, 5) is 22.6. The van der Waals surface area contributed by atoms with E-state index in [1.54, 1.807) is 0 Å². The summed E-state index contributed by atoms with van der Waals surface area (Å²) >= 11 is 3.17. The quantitative estimate of drug-likeness (QED) is 0.563. The molecular weight excluding hydrogens is 447 g/mol. The molecule has 0 fully saturated rings. The molecule has 0 saturated carbocycles. The van der Waals surface area contributed by atoms with Crippen molar-refractivity contribution in [3.63, 3.8) is 0 Å². The maximum absolute atomic E-state index is 13.6. The summed E-state index contributed by atoms with van der Waals surface area (Å²) in [5.41, 5.74) is -4.43. The summed E-state index contributed by atoms with van der Waals surface area (Å²) in [6.07, 6.45) is -5.08. The molecule has 28 heavy (non-hydrogen) atoms. The van der Waals surface area contributed by atoms with E-state index >= 15 is 0 Å². The molecule has 0 aromatic heterocycles. The van der Waals surface area contributed by atoms with Crippen LogP contribution in [0.15, 0.2) is 58.1 Å². The number of hydrogen-bond donors (Lipinski definition) is 1. The van der Waals surface area contributed by atoms with Crippen molar-refractivity contribution in [2.24, 2.45) is 5.10 Å². The van der Waals surface area contributed by atoms with E-state index in [0.29, 0.717) is 9.48 Å². The van der Waals surface area contributed by atoms with Crippen LogP contribution >= 0.6 is 15.9 Å². The predicted octanol–water partition coefficient (Wildman–Crippen LogP) is 3.51. The number of nitrogens with zero attached hydrogens (tertiary/aromatic N) is 3. The zero-order valence-electron chi connectivity index (χ0n) is 13.9. The smallest absolute Gasteiger partial charge is 0.374 e. The van der Waals surface area contributed by atoms with Crippen molar-refractivity contribution in [1.29, 1.82) is 0 Å². The van der Waals surface area contributed by atoms with Gasteiger partial charge in [0.15, 0.2) is 0 Å². The molecule has 1 aliphatic rings. The summed E-state index contributed by atoms with van der Waals surface area (Å²) < 4.78 is 41.4. The highest BCUT2D eigenvalue weighted by Crippen LogP contribution is 2.38. The standard InChI is InChI=1S/C17H11BrF3N3O4/c18-12-5-1-10(2-6-12)14-16(26,17(19,20)21)9-23(22-14)15(25)11-3-7-13(8-4-11)24(27)28/h1-8,26H,9H2. The summed E-state index contributed by atoms with van der Waals surface area (Å²) in [7, 11) is 0. The monoisotopic (exact) mass is 457 g/mol. The van der Waals surface area contributed by atoms with Crippen molar-refractivity contribution in [3.05, 3.63) is 74.2 Å². The lowest BCUT2D eigenvalue weighted by atomic mass is 9.92. The lowest BCUT2D eigenvalue weighted by Crippen LogP contribution is -2.54. The summed E-state index contributed by atoms with van der Waals surface area (Å²) in [6, 6.07) is 9.96. The Kier molecular flexibility index (Phi) is 4.98. The Morgan fingerprint density at radius 3 is 2.25 bits per heavy atom. The molecule has 2 aromatic rings. The molecule has 0 aliphatic carbocycles. The van der Waals surface area contributed by atoms with E-state index in [1.165, 1.54) is 24.3 Å². The predicted molar refractivity (Wildman–Crippen MR) is 95.8 cm³/mol. The highest BCUT2D eigenvalue weighted by molar-refractivity contribution is 9.10. The van der Waals surface area contributed by atoms with Crippen molar-refractivity contribution in [2.75, 3.05) is 6.54 Å². The van der Waals surface area contributed by atoms with Gasteiger partial charge in [0.05, 0.1) is 11.5 Å². The minimum absolute atomic E-state index is 0.00187. The first-order valence-corrected chi connectivity index (χ1v) is 8.53. The van der Waals surface area contributed by atoms with Gasteiger partial charge in [0.1, 0.15) is 5.71 Å². The molecule has 0 spiro atoms.